The van der Waals surface area contributed by atoms with Crippen molar-refractivity contribution in [1.82, 2.24) is 4.90 Å². The summed E-state index contributed by atoms with van der Waals surface area (Å²) in [7, 11) is 0. The predicted octanol–water partition coefficient (Wildman–Crippen LogP) is 2.73. The Morgan fingerprint density at radius 1 is 1.12 bits per heavy atom. The Balaban J connectivity index is 2.14. The van der Waals surface area contributed by atoms with E-state index < -0.39 is 0 Å². The van der Waals surface area contributed by atoms with Crippen molar-refractivity contribution in [1.29, 1.82) is 0 Å². The number of hydrogen-bond acceptors (Lipinski definition) is 2. The molecule has 0 N–H and O–H groups in total. The Kier molecular flexibility index (Phi) is 6.82. The Bertz CT molecular complexity index is 313. The molecule has 0 spiro atoms. The smallest absolute Gasteiger partial charge is 0.126 e. The summed E-state index contributed by atoms with van der Waals surface area (Å²) in [6.07, 6.45) is 0.644. The zero-order valence-electron chi connectivity index (χ0n) is 10.8. The minimum atomic E-state index is -0.139. The summed E-state index contributed by atoms with van der Waals surface area (Å²) >= 11 is 0. The second kappa shape index (κ2) is 8.20. The summed E-state index contributed by atoms with van der Waals surface area (Å²) in [5.41, 5.74) is 0.732. The number of halogens is 1. The first kappa shape index (κ1) is 14.1. The third-order valence-corrected chi connectivity index (χ3v) is 2.92. The number of likely N-dealkylation sites (N-methyl/N-ethyl adjacent to an activating group) is 1. The van der Waals surface area contributed by atoms with E-state index in [0.717, 1.165) is 31.8 Å². The maximum atomic E-state index is 13.3. The molecule has 0 fully saturated rings. The van der Waals surface area contributed by atoms with Gasteiger partial charge in [0.1, 0.15) is 5.82 Å². The fourth-order valence-corrected chi connectivity index (χ4v) is 1.72. The summed E-state index contributed by atoms with van der Waals surface area (Å²) in [5.74, 6) is -0.139. The lowest BCUT2D eigenvalue weighted by Gasteiger charge is -2.17. The molecule has 0 aliphatic heterocycles. The molecule has 0 unspecified atom stereocenters. The van der Waals surface area contributed by atoms with E-state index in [1.807, 2.05) is 12.1 Å². The molecule has 0 heterocycles. The standard InChI is InChI=1S/C14H22FNO/c1-3-16(4-2)10-12-17-11-9-13-7-5-6-8-14(13)15/h5-8H,3-4,9-12H2,1-2H3. The first-order valence-electron chi connectivity index (χ1n) is 6.31. The molecule has 1 aromatic carbocycles. The van der Waals surface area contributed by atoms with E-state index in [4.69, 9.17) is 4.74 Å². The Morgan fingerprint density at radius 3 is 2.47 bits per heavy atom. The number of ether oxygens (including phenoxy) is 1. The molecule has 0 atom stereocenters. The first-order chi connectivity index (χ1) is 8.27. The fourth-order valence-electron chi connectivity index (χ4n) is 1.72. The predicted molar refractivity (Wildman–Crippen MR) is 68.7 cm³/mol. The van der Waals surface area contributed by atoms with Crippen molar-refractivity contribution in [3.63, 3.8) is 0 Å². The van der Waals surface area contributed by atoms with Crippen LogP contribution in [0.1, 0.15) is 19.4 Å². The van der Waals surface area contributed by atoms with Gasteiger partial charge in [0.25, 0.3) is 0 Å². The van der Waals surface area contributed by atoms with Gasteiger partial charge in [-0.2, -0.15) is 0 Å². The molecule has 2 nitrogen and oxygen atoms in total. The highest BCUT2D eigenvalue weighted by Gasteiger charge is 2.01. The number of nitrogens with zero attached hydrogens (tertiary/aromatic N) is 1. The largest absolute Gasteiger partial charge is 0.380 e. The van der Waals surface area contributed by atoms with Gasteiger partial charge in [-0.25, -0.2) is 4.39 Å². The van der Waals surface area contributed by atoms with Gasteiger partial charge in [-0.1, -0.05) is 32.0 Å². The molecule has 1 rings (SSSR count). The second-order valence-corrected chi connectivity index (χ2v) is 3.98. The van der Waals surface area contributed by atoms with Gasteiger partial charge in [0.2, 0.25) is 0 Å². The Morgan fingerprint density at radius 2 is 1.82 bits per heavy atom. The first-order valence-corrected chi connectivity index (χ1v) is 6.31. The molecule has 0 aliphatic carbocycles. The SMILES string of the molecule is CCN(CC)CCOCCc1ccccc1F. The van der Waals surface area contributed by atoms with Crippen LogP contribution < -0.4 is 0 Å². The van der Waals surface area contributed by atoms with Crippen molar-refractivity contribution in [2.75, 3.05) is 32.8 Å². The zero-order chi connectivity index (χ0) is 12.5. The third-order valence-electron chi connectivity index (χ3n) is 2.92. The Labute approximate surface area is 103 Å². The van der Waals surface area contributed by atoms with Gasteiger partial charge < -0.3 is 9.64 Å². The molecule has 1 aromatic rings. The van der Waals surface area contributed by atoms with E-state index in [1.54, 1.807) is 6.07 Å². The van der Waals surface area contributed by atoms with Gasteiger partial charge in [-0.05, 0) is 31.1 Å². The average molecular weight is 239 g/mol. The van der Waals surface area contributed by atoms with Gasteiger partial charge in [0, 0.05) is 6.54 Å². The van der Waals surface area contributed by atoms with Crippen LogP contribution in [-0.4, -0.2) is 37.7 Å². The van der Waals surface area contributed by atoms with E-state index in [0.29, 0.717) is 13.0 Å². The number of benzene rings is 1. The topological polar surface area (TPSA) is 12.5 Å². The summed E-state index contributed by atoms with van der Waals surface area (Å²) < 4.78 is 18.8. The van der Waals surface area contributed by atoms with Crippen LogP contribution in [0.5, 0.6) is 0 Å². The molecule has 0 aliphatic rings. The molecule has 0 saturated carbocycles. The summed E-state index contributed by atoms with van der Waals surface area (Å²) in [5, 5.41) is 0. The quantitative estimate of drug-likeness (QED) is 0.647. The number of hydrogen-bond donors (Lipinski definition) is 0. The van der Waals surface area contributed by atoms with Crippen LogP contribution in [-0.2, 0) is 11.2 Å². The third kappa shape index (κ3) is 5.29. The number of rotatable bonds is 8. The fraction of sp³-hybridized carbons (Fsp3) is 0.571. The average Bonchev–Trinajstić information content (AvgIpc) is 2.36. The van der Waals surface area contributed by atoms with Gasteiger partial charge in [-0.3, -0.25) is 0 Å². The normalized spacial score (nSPS) is 11.1. The lowest BCUT2D eigenvalue weighted by molar-refractivity contribution is 0.109. The van der Waals surface area contributed by atoms with Crippen LogP contribution in [0.4, 0.5) is 4.39 Å². The van der Waals surface area contributed by atoms with Crippen LogP contribution in [0.25, 0.3) is 0 Å². The van der Waals surface area contributed by atoms with Crippen molar-refractivity contribution in [3.05, 3.63) is 35.6 Å². The minimum Gasteiger partial charge on any atom is -0.380 e. The summed E-state index contributed by atoms with van der Waals surface area (Å²) in [4.78, 5) is 2.31. The van der Waals surface area contributed by atoms with Gasteiger partial charge in [-0.15, -0.1) is 0 Å². The molecule has 0 saturated heterocycles. The Hall–Kier alpha value is -0.930. The highest BCUT2D eigenvalue weighted by atomic mass is 19.1. The molecular weight excluding hydrogens is 217 g/mol. The molecule has 17 heavy (non-hydrogen) atoms. The zero-order valence-corrected chi connectivity index (χ0v) is 10.8. The lowest BCUT2D eigenvalue weighted by atomic mass is 10.1. The van der Waals surface area contributed by atoms with E-state index in [1.165, 1.54) is 6.07 Å². The monoisotopic (exact) mass is 239 g/mol. The van der Waals surface area contributed by atoms with Crippen molar-refractivity contribution < 1.29 is 9.13 Å². The van der Waals surface area contributed by atoms with Crippen molar-refractivity contribution in [3.8, 4) is 0 Å². The van der Waals surface area contributed by atoms with E-state index in [-0.39, 0.29) is 5.82 Å². The minimum absolute atomic E-state index is 0.139. The van der Waals surface area contributed by atoms with Crippen molar-refractivity contribution in [2.45, 2.75) is 20.3 Å². The lowest BCUT2D eigenvalue weighted by Crippen LogP contribution is -2.27. The van der Waals surface area contributed by atoms with Crippen LogP contribution in [0.15, 0.2) is 24.3 Å². The second-order valence-electron chi connectivity index (χ2n) is 3.98. The highest BCUT2D eigenvalue weighted by molar-refractivity contribution is 5.17. The van der Waals surface area contributed by atoms with Gasteiger partial charge in [0.05, 0.1) is 13.2 Å². The van der Waals surface area contributed by atoms with Gasteiger partial charge in [0.15, 0.2) is 0 Å². The summed E-state index contributed by atoms with van der Waals surface area (Å²) in [6, 6.07) is 6.86. The molecule has 96 valence electrons. The van der Waals surface area contributed by atoms with E-state index >= 15 is 0 Å². The van der Waals surface area contributed by atoms with Crippen molar-refractivity contribution in [2.24, 2.45) is 0 Å². The molecule has 3 heteroatoms. The van der Waals surface area contributed by atoms with Crippen LogP contribution in [0.2, 0.25) is 0 Å². The molecular formula is C14H22FNO. The maximum Gasteiger partial charge on any atom is 0.126 e. The highest BCUT2D eigenvalue weighted by Crippen LogP contribution is 2.06. The van der Waals surface area contributed by atoms with E-state index in [2.05, 4.69) is 18.7 Å². The molecule has 0 aromatic heterocycles. The molecule has 0 bridgehead atoms. The summed E-state index contributed by atoms with van der Waals surface area (Å²) in [6.45, 7) is 8.63. The van der Waals surface area contributed by atoms with Crippen LogP contribution in [0.3, 0.4) is 0 Å². The van der Waals surface area contributed by atoms with Crippen LogP contribution in [0, 0.1) is 5.82 Å². The molecule has 0 radical (unpaired) electrons. The van der Waals surface area contributed by atoms with E-state index in [9.17, 15) is 4.39 Å². The maximum absolute atomic E-state index is 13.3. The molecule has 0 amide bonds. The van der Waals surface area contributed by atoms with Gasteiger partial charge >= 0.3 is 0 Å². The van der Waals surface area contributed by atoms with Crippen molar-refractivity contribution >= 4 is 0 Å². The van der Waals surface area contributed by atoms with Crippen LogP contribution >= 0.6 is 0 Å².